The number of carbonyl (C=O) groups is 2. The maximum absolute atomic E-state index is 12.4. The molecule has 0 aliphatic carbocycles. The Morgan fingerprint density at radius 2 is 1.75 bits per heavy atom. The number of ether oxygens (including phenoxy) is 4. The molecule has 148 valence electrons. The van der Waals surface area contributed by atoms with Gasteiger partial charge in [-0.25, -0.2) is 0 Å². The fraction of sp³-hybridized carbons (Fsp3) is 0.300. The first-order valence-electron chi connectivity index (χ1n) is 8.86. The van der Waals surface area contributed by atoms with Crippen molar-refractivity contribution in [3.63, 3.8) is 0 Å². The highest BCUT2D eigenvalue weighted by molar-refractivity contribution is 5.96. The van der Waals surface area contributed by atoms with Crippen molar-refractivity contribution >= 4 is 11.8 Å². The maximum Gasteiger partial charge on any atom is 0.283 e. The summed E-state index contributed by atoms with van der Waals surface area (Å²) in [6.45, 7) is 4.05. The molecule has 2 aromatic carbocycles. The molecule has 2 aromatic rings. The third-order valence-electron chi connectivity index (χ3n) is 4.13. The van der Waals surface area contributed by atoms with E-state index in [1.54, 1.807) is 37.3 Å². The van der Waals surface area contributed by atoms with Crippen LogP contribution in [0.3, 0.4) is 0 Å². The van der Waals surface area contributed by atoms with Gasteiger partial charge in [-0.2, -0.15) is 0 Å². The molecule has 0 saturated heterocycles. The summed E-state index contributed by atoms with van der Waals surface area (Å²) in [7, 11) is 1.49. The highest BCUT2D eigenvalue weighted by atomic mass is 16.6. The number of methoxy groups -OCH3 is 1. The van der Waals surface area contributed by atoms with E-state index in [1.807, 2.05) is 13.0 Å². The Labute approximate surface area is 162 Å². The van der Waals surface area contributed by atoms with Gasteiger partial charge in [0.2, 0.25) is 6.10 Å². The van der Waals surface area contributed by atoms with E-state index in [1.165, 1.54) is 13.2 Å². The molecule has 0 radical (unpaired) electrons. The summed E-state index contributed by atoms with van der Waals surface area (Å²) in [5.41, 5.74) is 5.05. The molecular weight excluding hydrogens is 364 g/mol. The summed E-state index contributed by atoms with van der Waals surface area (Å²) in [6, 6.07) is 11.8. The lowest BCUT2D eigenvalue weighted by atomic mass is 10.1. The van der Waals surface area contributed by atoms with Crippen LogP contribution in [0.4, 0.5) is 0 Å². The SMILES string of the molecule is CCOc1ccc(C(=O)NNC(=O)[C@@H]2Oc3ccccc3O[C@@H]2C)cc1OC. The Hall–Kier alpha value is -3.42. The molecule has 8 heteroatoms. The Morgan fingerprint density at radius 1 is 1.04 bits per heavy atom. The van der Waals surface area contributed by atoms with Crippen molar-refractivity contribution in [3.8, 4) is 23.0 Å². The Balaban J connectivity index is 1.62. The van der Waals surface area contributed by atoms with Gasteiger partial charge in [0.25, 0.3) is 11.8 Å². The van der Waals surface area contributed by atoms with Gasteiger partial charge in [0, 0.05) is 5.56 Å². The second kappa shape index (κ2) is 8.51. The molecule has 8 nitrogen and oxygen atoms in total. The molecule has 2 N–H and O–H groups in total. The fourth-order valence-electron chi connectivity index (χ4n) is 2.75. The molecule has 1 aliphatic heterocycles. The molecule has 0 bridgehead atoms. The number of benzene rings is 2. The van der Waals surface area contributed by atoms with Crippen LogP contribution in [0.5, 0.6) is 23.0 Å². The first-order chi connectivity index (χ1) is 13.5. The van der Waals surface area contributed by atoms with Crippen LogP contribution in [0.15, 0.2) is 42.5 Å². The Kier molecular flexibility index (Phi) is 5.88. The highest BCUT2D eigenvalue weighted by Gasteiger charge is 2.34. The summed E-state index contributed by atoms with van der Waals surface area (Å²) in [6.07, 6.45) is -1.41. The van der Waals surface area contributed by atoms with Crippen molar-refractivity contribution in [1.29, 1.82) is 0 Å². The van der Waals surface area contributed by atoms with E-state index >= 15 is 0 Å². The summed E-state index contributed by atoms with van der Waals surface area (Å²) >= 11 is 0. The number of amides is 2. The van der Waals surface area contributed by atoms with E-state index < -0.39 is 24.0 Å². The average molecular weight is 386 g/mol. The van der Waals surface area contributed by atoms with Crippen LogP contribution in [0, 0.1) is 0 Å². The van der Waals surface area contributed by atoms with Crippen molar-refractivity contribution in [2.24, 2.45) is 0 Å². The van der Waals surface area contributed by atoms with Crippen LogP contribution in [0.2, 0.25) is 0 Å². The zero-order chi connectivity index (χ0) is 20.1. The molecule has 1 aliphatic rings. The van der Waals surface area contributed by atoms with Crippen LogP contribution in [0.1, 0.15) is 24.2 Å². The van der Waals surface area contributed by atoms with Gasteiger partial charge in [0.15, 0.2) is 23.0 Å². The first kappa shape index (κ1) is 19.3. The van der Waals surface area contributed by atoms with Gasteiger partial charge in [-0.05, 0) is 44.2 Å². The van der Waals surface area contributed by atoms with E-state index in [-0.39, 0.29) is 0 Å². The highest BCUT2D eigenvalue weighted by Crippen LogP contribution is 2.33. The van der Waals surface area contributed by atoms with E-state index in [9.17, 15) is 9.59 Å². The molecule has 1 heterocycles. The lowest BCUT2D eigenvalue weighted by Gasteiger charge is -2.30. The van der Waals surface area contributed by atoms with Crippen LogP contribution in [-0.2, 0) is 4.79 Å². The summed E-state index contributed by atoms with van der Waals surface area (Å²) < 4.78 is 22.0. The number of hydrogen-bond acceptors (Lipinski definition) is 6. The second-order valence-electron chi connectivity index (χ2n) is 6.05. The van der Waals surface area contributed by atoms with Crippen LogP contribution >= 0.6 is 0 Å². The number of carbonyl (C=O) groups excluding carboxylic acids is 2. The monoisotopic (exact) mass is 386 g/mol. The summed E-state index contributed by atoms with van der Waals surface area (Å²) in [5.74, 6) is 0.988. The molecular formula is C20H22N2O6. The predicted molar refractivity (Wildman–Crippen MR) is 101 cm³/mol. The van der Waals surface area contributed by atoms with Crippen molar-refractivity contribution in [2.45, 2.75) is 26.1 Å². The molecule has 2 amide bonds. The Morgan fingerprint density at radius 3 is 2.43 bits per heavy atom. The topological polar surface area (TPSA) is 95.1 Å². The first-order valence-corrected chi connectivity index (χ1v) is 8.86. The quantitative estimate of drug-likeness (QED) is 0.764. The van der Waals surface area contributed by atoms with Crippen LogP contribution in [0.25, 0.3) is 0 Å². The number of hydrogen-bond donors (Lipinski definition) is 2. The Bertz CT molecular complexity index is 870. The predicted octanol–water partition coefficient (Wildman–Crippen LogP) is 2.08. The standard InChI is InChI=1S/C20H22N2O6/c1-4-26-14-10-9-13(11-17(14)25-3)19(23)21-22-20(24)18-12(2)27-15-7-5-6-8-16(15)28-18/h5-12,18H,4H2,1-3H3,(H,21,23)(H,22,24)/t12-,18-/m1/s1. The van der Waals surface area contributed by atoms with E-state index in [2.05, 4.69) is 10.9 Å². The molecule has 0 spiro atoms. The smallest absolute Gasteiger partial charge is 0.283 e. The van der Waals surface area contributed by atoms with Crippen molar-refractivity contribution in [2.75, 3.05) is 13.7 Å². The molecule has 2 atom stereocenters. The fourth-order valence-corrected chi connectivity index (χ4v) is 2.75. The minimum absolute atomic E-state index is 0.305. The lowest BCUT2D eigenvalue weighted by molar-refractivity contribution is -0.134. The largest absolute Gasteiger partial charge is 0.493 e. The molecule has 0 aromatic heterocycles. The van der Waals surface area contributed by atoms with E-state index in [4.69, 9.17) is 18.9 Å². The minimum Gasteiger partial charge on any atom is -0.493 e. The van der Waals surface area contributed by atoms with E-state index in [0.717, 1.165) is 0 Å². The zero-order valence-corrected chi connectivity index (χ0v) is 15.9. The number of nitrogens with one attached hydrogen (secondary N) is 2. The van der Waals surface area contributed by atoms with Gasteiger partial charge in [-0.3, -0.25) is 20.4 Å². The van der Waals surface area contributed by atoms with Gasteiger partial charge in [0.05, 0.1) is 13.7 Å². The zero-order valence-electron chi connectivity index (χ0n) is 15.9. The van der Waals surface area contributed by atoms with Gasteiger partial charge in [-0.15, -0.1) is 0 Å². The van der Waals surface area contributed by atoms with Crippen molar-refractivity contribution in [1.82, 2.24) is 10.9 Å². The van der Waals surface area contributed by atoms with Gasteiger partial charge < -0.3 is 18.9 Å². The minimum atomic E-state index is -0.898. The van der Waals surface area contributed by atoms with E-state index in [0.29, 0.717) is 35.2 Å². The van der Waals surface area contributed by atoms with Gasteiger partial charge in [0.1, 0.15) is 6.10 Å². The van der Waals surface area contributed by atoms with Gasteiger partial charge in [-0.1, -0.05) is 12.1 Å². The van der Waals surface area contributed by atoms with Crippen molar-refractivity contribution in [3.05, 3.63) is 48.0 Å². The van der Waals surface area contributed by atoms with Crippen molar-refractivity contribution < 1.29 is 28.5 Å². The second-order valence-corrected chi connectivity index (χ2v) is 6.05. The summed E-state index contributed by atoms with van der Waals surface area (Å²) in [4.78, 5) is 24.8. The molecule has 3 rings (SSSR count). The molecule has 28 heavy (non-hydrogen) atoms. The molecule has 0 fully saturated rings. The lowest BCUT2D eigenvalue weighted by Crippen LogP contribution is -2.53. The summed E-state index contributed by atoms with van der Waals surface area (Å²) in [5, 5.41) is 0. The van der Waals surface area contributed by atoms with Gasteiger partial charge >= 0.3 is 0 Å². The van der Waals surface area contributed by atoms with Crippen LogP contribution < -0.4 is 29.8 Å². The van der Waals surface area contributed by atoms with Crippen LogP contribution in [-0.4, -0.2) is 37.7 Å². The number of para-hydroxylation sites is 2. The maximum atomic E-state index is 12.4. The average Bonchev–Trinajstić information content (AvgIpc) is 2.71. The molecule has 0 saturated carbocycles. The normalized spacial score (nSPS) is 17.4. The number of fused-ring (bicyclic) bond motifs is 1. The third-order valence-corrected chi connectivity index (χ3v) is 4.13. The number of hydrazine groups is 1. The molecule has 0 unspecified atom stereocenters. The number of rotatable bonds is 5. The third kappa shape index (κ3) is 4.11.